The van der Waals surface area contributed by atoms with E-state index in [1.165, 1.54) is 0 Å². The molecular formula is C15H10Cl2N2O. The van der Waals surface area contributed by atoms with Crippen LogP contribution in [0.5, 0.6) is 11.5 Å². The third-order valence-electron chi connectivity index (χ3n) is 2.87. The molecule has 0 aliphatic rings. The highest BCUT2D eigenvalue weighted by Gasteiger charge is 2.10. The van der Waals surface area contributed by atoms with Crippen LogP contribution in [0.3, 0.4) is 0 Å². The molecule has 3 aromatic rings. The lowest BCUT2D eigenvalue weighted by molar-refractivity contribution is 0.490. The number of nitrogen functional groups attached to an aromatic ring is 1. The van der Waals surface area contributed by atoms with Crippen LogP contribution in [0, 0.1) is 0 Å². The van der Waals surface area contributed by atoms with Gasteiger partial charge in [-0.25, -0.2) is 0 Å². The van der Waals surface area contributed by atoms with Crippen molar-refractivity contribution in [1.82, 2.24) is 4.98 Å². The predicted octanol–water partition coefficient (Wildman–Crippen LogP) is 4.92. The Balaban J connectivity index is 2.11. The van der Waals surface area contributed by atoms with Gasteiger partial charge in [0, 0.05) is 16.6 Å². The molecule has 0 amide bonds. The Bertz CT molecular complexity index is 770. The van der Waals surface area contributed by atoms with E-state index in [-0.39, 0.29) is 0 Å². The van der Waals surface area contributed by atoms with Crippen LogP contribution in [0.1, 0.15) is 0 Å². The van der Waals surface area contributed by atoms with Crippen molar-refractivity contribution in [3.05, 3.63) is 58.7 Å². The number of benzene rings is 2. The molecule has 1 heterocycles. The summed E-state index contributed by atoms with van der Waals surface area (Å²) in [4.78, 5) is 4.26. The van der Waals surface area contributed by atoms with Crippen molar-refractivity contribution >= 4 is 39.8 Å². The fraction of sp³-hybridized carbons (Fsp3) is 0. The second kappa shape index (κ2) is 5.19. The van der Waals surface area contributed by atoms with E-state index in [9.17, 15) is 0 Å². The molecule has 0 spiro atoms. The number of ether oxygens (including phenoxy) is 1. The van der Waals surface area contributed by atoms with E-state index < -0.39 is 0 Å². The Morgan fingerprint density at radius 3 is 2.70 bits per heavy atom. The maximum atomic E-state index is 6.11. The minimum absolute atomic E-state index is 0.441. The summed E-state index contributed by atoms with van der Waals surface area (Å²) in [6, 6.07) is 12.4. The number of hydrogen-bond acceptors (Lipinski definition) is 3. The molecule has 20 heavy (non-hydrogen) atoms. The Kier molecular flexibility index (Phi) is 3.38. The molecule has 3 nitrogen and oxygen atoms in total. The highest BCUT2D eigenvalue weighted by atomic mass is 35.5. The summed E-state index contributed by atoms with van der Waals surface area (Å²) < 4.78 is 5.85. The van der Waals surface area contributed by atoms with Crippen LogP contribution in [0.4, 0.5) is 5.69 Å². The molecule has 3 rings (SSSR count). The third-order valence-corrected chi connectivity index (χ3v) is 3.41. The summed E-state index contributed by atoms with van der Waals surface area (Å²) >= 11 is 12.1. The summed E-state index contributed by atoms with van der Waals surface area (Å²) in [7, 11) is 0. The molecule has 0 radical (unpaired) electrons. The molecule has 0 atom stereocenters. The molecule has 0 aliphatic heterocycles. The number of anilines is 1. The number of nitrogens with zero attached hydrogens (tertiary/aromatic N) is 1. The van der Waals surface area contributed by atoms with Crippen LogP contribution in [0.2, 0.25) is 10.0 Å². The quantitative estimate of drug-likeness (QED) is 0.684. The number of hydrogen-bond donors (Lipinski definition) is 1. The van der Waals surface area contributed by atoms with Crippen LogP contribution in [0.25, 0.3) is 10.9 Å². The van der Waals surface area contributed by atoms with Crippen molar-refractivity contribution in [1.29, 1.82) is 0 Å². The number of aromatic nitrogens is 1. The number of pyridine rings is 1. The molecule has 0 aliphatic carbocycles. The number of rotatable bonds is 2. The molecule has 0 fully saturated rings. The first kappa shape index (κ1) is 13.0. The van der Waals surface area contributed by atoms with E-state index in [1.54, 1.807) is 42.6 Å². The van der Waals surface area contributed by atoms with Gasteiger partial charge in [0.05, 0.1) is 16.2 Å². The van der Waals surface area contributed by atoms with Gasteiger partial charge < -0.3 is 10.5 Å². The number of para-hydroxylation sites is 1. The number of fused-ring (bicyclic) bond motifs is 1. The van der Waals surface area contributed by atoms with Crippen LogP contribution < -0.4 is 10.5 Å². The molecule has 2 N–H and O–H groups in total. The first-order valence-electron chi connectivity index (χ1n) is 5.91. The van der Waals surface area contributed by atoms with Gasteiger partial charge in [0.2, 0.25) is 0 Å². The minimum atomic E-state index is 0.441. The zero-order valence-corrected chi connectivity index (χ0v) is 11.8. The van der Waals surface area contributed by atoms with Crippen molar-refractivity contribution in [2.75, 3.05) is 5.73 Å². The molecule has 0 saturated heterocycles. The molecule has 5 heteroatoms. The van der Waals surface area contributed by atoms with E-state index in [0.29, 0.717) is 27.2 Å². The van der Waals surface area contributed by atoms with Crippen molar-refractivity contribution in [2.24, 2.45) is 0 Å². The Labute approximate surface area is 125 Å². The summed E-state index contributed by atoms with van der Waals surface area (Å²) in [6.07, 6.45) is 1.65. The van der Waals surface area contributed by atoms with Crippen LogP contribution in [-0.2, 0) is 0 Å². The van der Waals surface area contributed by atoms with Gasteiger partial charge in [-0.15, -0.1) is 0 Å². The van der Waals surface area contributed by atoms with Gasteiger partial charge in [-0.3, -0.25) is 4.98 Å². The lowest BCUT2D eigenvalue weighted by Crippen LogP contribution is -1.94. The van der Waals surface area contributed by atoms with Gasteiger partial charge in [0.25, 0.3) is 0 Å². The van der Waals surface area contributed by atoms with Crippen LogP contribution in [-0.4, -0.2) is 4.98 Å². The Morgan fingerprint density at radius 1 is 1.05 bits per heavy atom. The number of nitrogens with two attached hydrogens (primary N) is 1. The molecule has 0 unspecified atom stereocenters. The average Bonchev–Trinajstić information content (AvgIpc) is 2.42. The molecular weight excluding hydrogens is 295 g/mol. The van der Waals surface area contributed by atoms with Crippen molar-refractivity contribution in [3.8, 4) is 11.5 Å². The summed E-state index contributed by atoms with van der Waals surface area (Å²) in [6.45, 7) is 0. The standard InChI is InChI=1S/C15H10Cl2N2O/c16-9-4-5-10-13(8-9)19-7-6-14(10)20-15-11(17)2-1-3-12(15)18/h1-8H,18H2. The summed E-state index contributed by atoms with van der Waals surface area (Å²) in [5, 5.41) is 1.93. The Hall–Kier alpha value is -1.97. The molecule has 0 bridgehead atoms. The number of halogens is 2. The smallest absolute Gasteiger partial charge is 0.168 e. The van der Waals surface area contributed by atoms with Gasteiger partial charge in [-0.1, -0.05) is 29.3 Å². The van der Waals surface area contributed by atoms with Gasteiger partial charge in [0.1, 0.15) is 5.75 Å². The van der Waals surface area contributed by atoms with Crippen molar-refractivity contribution in [3.63, 3.8) is 0 Å². The predicted molar refractivity (Wildman–Crippen MR) is 82.7 cm³/mol. The molecule has 1 aromatic heterocycles. The topological polar surface area (TPSA) is 48.1 Å². The molecule has 0 saturated carbocycles. The van der Waals surface area contributed by atoms with Crippen LogP contribution >= 0.6 is 23.2 Å². The van der Waals surface area contributed by atoms with Crippen molar-refractivity contribution in [2.45, 2.75) is 0 Å². The Morgan fingerprint density at radius 2 is 1.90 bits per heavy atom. The first-order valence-corrected chi connectivity index (χ1v) is 6.67. The van der Waals surface area contributed by atoms with Gasteiger partial charge in [-0.05, 0) is 36.4 Å². The zero-order chi connectivity index (χ0) is 14.1. The fourth-order valence-corrected chi connectivity index (χ4v) is 2.31. The van der Waals surface area contributed by atoms with Gasteiger partial charge in [-0.2, -0.15) is 0 Å². The average molecular weight is 305 g/mol. The maximum Gasteiger partial charge on any atom is 0.168 e. The largest absolute Gasteiger partial charge is 0.453 e. The first-order chi connectivity index (χ1) is 9.65. The SMILES string of the molecule is Nc1cccc(Cl)c1Oc1ccnc2cc(Cl)ccc12. The molecule has 2 aromatic carbocycles. The van der Waals surface area contributed by atoms with Gasteiger partial charge in [0.15, 0.2) is 5.75 Å². The highest BCUT2D eigenvalue weighted by molar-refractivity contribution is 6.32. The van der Waals surface area contributed by atoms with Crippen LogP contribution in [0.15, 0.2) is 48.7 Å². The van der Waals surface area contributed by atoms with E-state index in [2.05, 4.69) is 4.98 Å². The van der Waals surface area contributed by atoms with Crippen molar-refractivity contribution < 1.29 is 4.74 Å². The van der Waals surface area contributed by atoms with Gasteiger partial charge >= 0.3 is 0 Å². The summed E-state index contributed by atoms with van der Waals surface area (Å²) in [5.41, 5.74) is 7.12. The minimum Gasteiger partial charge on any atom is -0.453 e. The van der Waals surface area contributed by atoms with E-state index >= 15 is 0 Å². The lowest BCUT2D eigenvalue weighted by atomic mass is 10.2. The summed E-state index contributed by atoms with van der Waals surface area (Å²) in [5.74, 6) is 1.07. The highest BCUT2D eigenvalue weighted by Crippen LogP contribution is 2.37. The monoisotopic (exact) mass is 304 g/mol. The maximum absolute atomic E-state index is 6.11. The third kappa shape index (κ3) is 2.38. The van der Waals surface area contributed by atoms with E-state index in [0.717, 1.165) is 10.9 Å². The molecule has 100 valence electrons. The fourth-order valence-electron chi connectivity index (χ4n) is 1.93. The normalized spacial score (nSPS) is 10.7. The van der Waals surface area contributed by atoms with E-state index in [1.807, 2.05) is 6.07 Å². The second-order valence-corrected chi connectivity index (χ2v) is 5.07. The zero-order valence-electron chi connectivity index (χ0n) is 10.3. The lowest BCUT2D eigenvalue weighted by Gasteiger charge is -2.12. The second-order valence-electron chi connectivity index (χ2n) is 4.23. The van der Waals surface area contributed by atoms with E-state index in [4.69, 9.17) is 33.7 Å².